The van der Waals surface area contributed by atoms with E-state index in [0.717, 1.165) is 22.2 Å². The highest BCUT2D eigenvalue weighted by atomic mass is 16.2. The standard InChI is InChI=1S/C24H23N7O/c1-31(13-16-5-7-17-9-10-26-19(17)12-16)20(32)8-6-15-3-2-4-18(11-15)23-29-21-22(25)27-14-28-24(21)30-23/h2-5,7,9-12,14,26H,6,8,13H2,1H3,(H3,25,27,28,29,30). The van der Waals surface area contributed by atoms with Gasteiger partial charge in [0.25, 0.3) is 0 Å². The van der Waals surface area contributed by atoms with E-state index in [1.165, 1.54) is 11.7 Å². The molecule has 3 heterocycles. The predicted octanol–water partition coefficient (Wildman–Crippen LogP) is 3.67. The Morgan fingerprint density at radius 3 is 2.88 bits per heavy atom. The normalized spacial score (nSPS) is 11.3. The first kappa shape index (κ1) is 19.7. The fourth-order valence-electron chi connectivity index (χ4n) is 3.85. The van der Waals surface area contributed by atoms with E-state index < -0.39 is 0 Å². The molecule has 0 aliphatic rings. The Morgan fingerprint density at radius 2 is 2.00 bits per heavy atom. The van der Waals surface area contributed by atoms with Crippen LogP contribution in [0.1, 0.15) is 17.5 Å². The summed E-state index contributed by atoms with van der Waals surface area (Å²) in [5.74, 6) is 1.15. The highest BCUT2D eigenvalue weighted by Crippen LogP contribution is 2.23. The molecule has 1 amide bonds. The first-order chi connectivity index (χ1) is 15.6. The zero-order valence-corrected chi connectivity index (χ0v) is 17.7. The van der Waals surface area contributed by atoms with Crippen molar-refractivity contribution in [1.29, 1.82) is 0 Å². The van der Waals surface area contributed by atoms with Crippen LogP contribution in [0.2, 0.25) is 0 Å². The molecular formula is C24H23N7O. The molecule has 5 aromatic rings. The molecule has 0 spiro atoms. The van der Waals surface area contributed by atoms with Gasteiger partial charge in [-0.1, -0.05) is 30.3 Å². The highest BCUT2D eigenvalue weighted by molar-refractivity contribution is 5.84. The average Bonchev–Trinajstić information content (AvgIpc) is 3.45. The number of carbonyl (C=O) groups is 1. The Balaban J connectivity index is 1.25. The topological polar surface area (TPSA) is 117 Å². The number of nitrogen functional groups attached to an aromatic ring is 1. The fourth-order valence-corrected chi connectivity index (χ4v) is 3.85. The van der Waals surface area contributed by atoms with Crippen molar-refractivity contribution in [3.05, 3.63) is 72.2 Å². The minimum Gasteiger partial charge on any atom is -0.382 e. The Bertz CT molecular complexity index is 1420. The minimum atomic E-state index is 0.105. The molecule has 5 rings (SSSR count). The van der Waals surface area contributed by atoms with Crippen molar-refractivity contribution in [1.82, 2.24) is 29.8 Å². The molecule has 0 aliphatic carbocycles. The first-order valence-electron chi connectivity index (χ1n) is 10.4. The smallest absolute Gasteiger partial charge is 0.222 e. The van der Waals surface area contributed by atoms with Crippen molar-refractivity contribution in [3.8, 4) is 11.4 Å². The Morgan fingerprint density at radius 1 is 1.09 bits per heavy atom. The van der Waals surface area contributed by atoms with Crippen molar-refractivity contribution < 1.29 is 4.79 Å². The molecular weight excluding hydrogens is 402 g/mol. The second kappa shape index (κ2) is 8.14. The quantitative estimate of drug-likeness (QED) is 0.384. The molecule has 160 valence electrons. The zero-order valence-electron chi connectivity index (χ0n) is 17.7. The number of amides is 1. The third-order valence-corrected chi connectivity index (χ3v) is 5.61. The summed E-state index contributed by atoms with van der Waals surface area (Å²) in [6, 6.07) is 16.3. The predicted molar refractivity (Wildman–Crippen MR) is 125 cm³/mol. The van der Waals surface area contributed by atoms with Gasteiger partial charge in [0.05, 0.1) is 0 Å². The van der Waals surface area contributed by atoms with Gasteiger partial charge in [-0.05, 0) is 41.1 Å². The number of fused-ring (bicyclic) bond motifs is 2. The Labute approximate surface area is 184 Å². The van der Waals surface area contributed by atoms with Crippen LogP contribution in [0.4, 0.5) is 5.82 Å². The molecule has 0 unspecified atom stereocenters. The molecule has 3 aromatic heterocycles. The number of aromatic nitrogens is 5. The van der Waals surface area contributed by atoms with E-state index in [1.807, 2.05) is 43.6 Å². The van der Waals surface area contributed by atoms with E-state index >= 15 is 0 Å². The number of aryl methyl sites for hydroxylation is 1. The summed E-state index contributed by atoms with van der Waals surface area (Å²) in [6.45, 7) is 0.579. The summed E-state index contributed by atoms with van der Waals surface area (Å²) in [7, 11) is 1.84. The van der Waals surface area contributed by atoms with Crippen LogP contribution in [0.15, 0.2) is 61.1 Å². The van der Waals surface area contributed by atoms with Crippen LogP contribution in [0.25, 0.3) is 33.5 Å². The monoisotopic (exact) mass is 425 g/mol. The minimum absolute atomic E-state index is 0.105. The molecule has 8 heteroatoms. The second-order valence-corrected chi connectivity index (χ2v) is 7.89. The number of carbonyl (C=O) groups excluding carboxylic acids is 1. The van der Waals surface area contributed by atoms with Gasteiger partial charge < -0.3 is 20.6 Å². The molecule has 0 bridgehead atoms. The van der Waals surface area contributed by atoms with Crippen LogP contribution in [0.3, 0.4) is 0 Å². The third kappa shape index (κ3) is 3.90. The largest absolute Gasteiger partial charge is 0.382 e. The maximum atomic E-state index is 12.7. The third-order valence-electron chi connectivity index (χ3n) is 5.61. The number of nitrogens with two attached hydrogens (primary N) is 1. The number of hydrogen-bond acceptors (Lipinski definition) is 5. The molecule has 0 saturated carbocycles. The maximum absolute atomic E-state index is 12.7. The van der Waals surface area contributed by atoms with Crippen LogP contribution in [0, 0.1) is 0 Å². The number of anilines is 1. The summed E-state index contributed by atoms with van der Waals surface area (Å²) < 4.78 is 0. The number of hydrogen-bond donors (Lipinski definition) is 3. The maximum Gasteiger partial charge on any atom is 0.222 e. The highest BCUT2D eigenvalue weighted by Gasteiger charge is 2.12. The number of rotatable bonds is 6. The lowest BCUT2D eigenvalue weighted by molar-refractivity contribution is -0.130. The van der Waals surface area contributed by atoms with Gasteiger partial charge in [0, 0.05) is 37.3 Å². The molecule has 4 N–H and O–H groups in total. The molecule has 0 radical (unpaired) electrons. The zero-order chi connectivity index (χ0) is 22.1. The SMILES string of the molecule is CN(Cc1ccc2cc[nH]c2c1)C(=O)CCc1cccc(-c2nc3ncnc(N)c3[nH]2)c1. The van der Waals surface area contributed by atoms with E-state index in [9.17, 15) is 4.79 Å². The molecule has 2 aromatic carbocycles. The van der Waals surface area contributed by atoms with Gasteiger partial charge in [0.2, 0.25) is 5.91 Å². The van der Waals surface area contributed by atoms with E-state index in [0.29, 0.717) is 42.2 Å². The summed E-state index contributed by atoms with van der Waals surface area (Å²) in [6.07, 6.45) is 4.40. The van der Waals surface area contributed by atoms with Crippen molar-refractivity contribution in [3.63, 3.8) is 0 Å². The summed E-state index contributed by atoms with van der Waals surface area (Å²) in [5.41, 5.74) is 11.2. The Hall–Kier alpha value is -4.20. The van der Waals surface area contributed by atoms with Gasteiger partial charge in [-0.2, -0.15) is 0 Å². The number of aromatic amines is 2. The van der Waals surface area contributed by atoms with Crippen molar-refractivity contribution in [2.45, 2.75) is 19.4 Å². The van der Waals surface area contributed by atoms with Crippen LogP contribution < -0.4 is 5.73 Å². The van der Waals surface area contributed by atoms with Crippen molar-refractivity contribution in [2.75, 3.05) is 12.8 Å². The number of benzene rings is 2. The summed E-state index contributed by atoms with van der Waals surface area (Å²) in [5, 5.41) is 1.17. The molecule has 0 saturated heterocycles. The van der Waals surface area contributed by atoms with Crippen molar-refractivity contribution in [2.24, 2.45) is 0 Å². The van der Waals surface area contributed by atoms with Crippen LogP contribution >= 0.6 is 0 Å². The molecule has 8 nitrogen and oxygen atoms in total. The Kier molecular flexibility index (Phi) is 5.03. The lowest BCUT2D eigenvalue weighted by Crippen LogP contribution is -2.26. The van der Waals surface area contributed by atoms with Gasteiger partial charge in [-0.3, -0.25) is 4.79 Å². The van der Waals surface area contributed by atoms with Crippen LogP contribution in [0.5, 0.6) is 0 Å². The lowest BCUT2D eigenvalue weighted by Gasteiger charge is -2.17. The van der Waals surface area contributed by atoms with Gasteiger partial charge in [-0.25, -0.2) is 15.0 Å². The van der Waals surface area contributed by atoms with Gasteiger partial charge in [0.1, 0.15) is 17.7 Å². The van der Waals surface area contributed by atoms with Gasteiger partial charge in [0.15, 0.2) is 11.5 Å². The number of nitrogens with one attached hydrogen (secondary N) is 2. The number of nitrogens with zero attached hydrogens (tertiary/aromatic N) is 4. The van der Waals surface area contributed by atoms with Gasteiger partial charge >= 0.3 is 0 Å². The van der Waals surface area contributed by atoms with E-state index in [-0.39, 0.29) is 5.91 Å². The van der Waals surface area contributed by atoms with E-state index in [1.54, 1.807) is 4.90 Å². The fraction of sp³-hybridized carbons (Fsp3) is 0.167. The van der Waals surface area contributed by atoms with Gasteiger partial charge in [-0.15, -0.1) is 0 Å². The lowest BCUT2D eigenvalue weighted by atomic mass is 10.1. The summed E-state index contributed by atoms with van der Waals surface area (Å²) in [4.78, 5) is 33.5. The molecule has 0 atom stereocenters. The molecule has 0 fully saturated rings. The van der Waals surface area contributed by atoms with Crippen LogP contribution in [-0.4, -0.2) is 42.8 Å². The van der Waals surface area contributed by atoms with Crippen molar-refractivity contribution >= 4 is 33.8 Å². The van der Waals surface area contributed by atoms with Crippen LogP contribution in [-0.2, 0) is 17.8 Å². The van der Waals surface area contributed by atoms with E-state index in [2.05, 4.69) is 43.1 Å². The summed E-state index contributed by atoms with van der Waals surface area (Å²) >= 11 is 0. The molecule has 32 heavy (non-hydrogen) atoms. The number of imidazole rings is 1. The number of H-pyrrole nitrogens is 2. The average molecular weight is 425 g/mol. The second-order valence-electron chi connectivity index (χ2n) is 7.89. The van der Waals surface area contributed by atoms with E-state index in [4.69, 9.17) is 5.73 Å². The first-order valence-corrected chi connectivity index (χ1v) is 10.4. The molecule has 0 aliphatic heterocycles.